The van der Waals surface area contributed by atoms with Crippen molar-refractivity contribution >= 4 is 17.7 Å². The van der Waals surface area contributed by atoms with Crippen molar-refractivity contribution in [3.8, 4) is 11.4 Å². The number of carbonyl (C=O) groups is 1. The highest BCUT2D eigenvalue weighted by atomic mass is 32.2. The van der Waals surface area contributed by atoms with Crippen LogP contribution in [0.15, 0.2) is 42.7 Å². The first kappa shape index (κ1) is 14.1. The highest BCUT2D eigenvalue weighted by molar-refractivity contribution is 8.00. The maximum absolute atomic E-state index is 11.6. The van der Waals surface area contributed by atoms with Crippen LogP contribution < -0.4 is 4.74 Å². The van der Waals surface area contributed by atoms with Crippen molar-refractivity contribution in [3.63, 3.8) is 0 Å². The standard InChI is InChI=1S/C16H18N2O2S/c1-3-20-14-6-4-13(5-7-14)18-9-8-12(10-18)16-17(2)15(19)11-21-16/h4-10,16H,3,11H2,1-2H3/t16-/m1/s1. The molecule has 0 bridgehead atoms. The van der Waals surface area contributed by atoms with Crippen LogP contribution in [0, 0.1) is 0 Å². The fourth-order valence-electron chi connectivity index (χ4n) is 2.42. The molecule has 3 rings (SSSR count). The zero-order valence-corrected chi connectivity index (χ0v) is 13.0. The van der Waals surface area contributed by atoms with Crippen LogP contribution in [0.5, 0.6) is 5.75 Å². The minimum absolute atomic E-state index is 0.126. The van der Waals surface area contributed by atoms with Gasteiger partial charge in [-0.2, -0.15) is 0 Å². The molecule has 0 unspecified atom stereocenters. The Morgan fingerprint density at radius 3 is 2.67 bits per heavy atom. The molecular formula is C16H18N2O2S. The summed E-state index contributed by atoms with van der Waals surface area (Å²) < 4.78 is 7.52. The molecule has 1 aromatic carbocycles. The summed E-state index contributed by atoms with van der Waals surface area (Å²) in [5.41, 5.74) is 2.24. The van der Waals surface area contributed by atoms with Crippen molar-refractivity contribution in [2.45, 2.75) is 12.3 Å². The third-order valence-corrected chi connectivity index (χ3v) is 4.87. The highest BCUT2D eigenvalue weighted by Crippen LogP contribution is 2.37. The molecule has 21 heavy (non-hydrogen) atoms. The van der Waals surface area contributed by atoms with Gasteiger partial charge < -0.3 is 14.2 Å². The second-order valence-corrected chi connectivity index (χ2v) is 6.02. The van der Waals surface area contributed by atoms with Crippen LogP contribution in [0.4, 0.5) is 0 Å². The van der Waals surface area contributed by atoms with Gasteiger partial charge in [0.25, 0.3) is 0 Å². The van der Waals surface area contributed by atoms with Crippen LogP contribution >= 0.6 is 11.8 Å². The van der Waals surface area contributed by atoms with Crippen molar-refractivity contribution in [1.29, 1.82) is 0 Å². The molecule has 1 fully saturated rings. The zero-order valence-electron chi connectivity index (χ0n) is 12.2. The van der Waals surface area contributed by atoms with Crippen LogP contribution in [0.3, 0.4) is 0 Å². The van der Waals surface area contributed by atoms with Gasteiger partial charge in [0.05, 0.1) is 12.4 Å². The van der Waals surface area contributed by atoms with Gasteiger partial charge in [-0.3, -0.25) is 4.79 Å². The first-order chi connectivity index (χ1) is 10.2. The van der Waals surface area contributed by atoms with Crippen LogP contribution in [-0.2, 0) is 4.79 Å². The van der Waals surface area contributed by atoms with E-state index in [0.29, 0.717) is 12.4 Å². The van der Waals surface area contributed by atoms with Gasteiger partial charge in [0.2, 0.25) is 5.91 Å². The monoisotopic (exact) mass is 302 g/mol. The van der Waals surface area contributed by atoms with E-state index < -0.39 is 0 Å². The Morgan fingerprint density at radius 1 is 1.29 bits per heavy atom. The molecule has 1 amide bonds. The minimum atomic E-state index is 0.126. The molecule has 4 nitrogen and oxygen atoms in total. The quantitative estimate of drug-likeness (QED) is 0.870. The van der Waals surface area contributed by atoms with Crippen molar-refractivity contribution in [2.75, 3.05) is 19.4 Å². The Labute approximate surface area is 128 Å². The Balaban J connectivity index is 1.80. The van der Waals surface area contributed by atoms with Crippen molar-refractivity contribution < 1.29 is 9.53 Å². The maximum Gasteiger partial charge on any atom is 0.233 e. The van der Waals surface area contributed by atoms with E-state index in [1.165, 1.54) is 0 Å². The molecule has 0 N–H and O–H groups in total. The van der Waals surface area contributed by atoms with Gasteiger partial charge >= 0.3 is 0 Å². The summed E-state index contributed by atoms with van der Waals surface area (Å²) in [5.74, 6) is 1.64. The predicted molar refractivity (Wildman–Crippen MR) is 84.9 cm³/mol. The van der Waals surface area contributed by atoms with Gasteiger partial charge in [0.1, 0.15) is 11.1 Å². The number of hydrogen-bond donors (Lipinski definition) is 0. The number of thioether (sulfide) groups is 1. The SMILES string of the molecule is CCOc1ccc(-n2ccc([C@H]3SCC(=O)N3C)c2)cc1. The van der Waals surface area contributed by atoms with Gasteiger partial charge in [-0.05, 0) is 37.3 Å². The number of hydrogen-bond acceptors (Lipinski definition) is 3. The second kappa shape index (κ2) is 5.85. The number of benzene rings is 1. The van der Waals surface area contributed by atoms with Gasteiger partial charge in [-0.15, -0.1) is 11.8 Å². The van der Waals surface area contributed by atoms with E-state index in [9.17, 15) is 4.79 Å². The summed E-state index contributed by atoms with van der Waals surface area (Å²) in [5, 5.41) is 0.126. The molecule has 5 heteroatoms. The maximum atomic E-state index is 11.6. The van der Waals surface area contributed by atoms with Gasteiger partial charge in [0.15, 0.2) is 0 Å². The van der Waals surface area contributed by atoms with E-state index in [-0.39, 0.29) is 11.3 Å². The zero-order chi connectivity index (χ0) is 14.8. The van der Waals surface area contributed by atoms with E-state index in [0.717, 1.165) is 17.0 Å². The topological polar surface area (TPSA) is 34.5 Å². The average Bonchev–Trinajstić information content (AvgIpc) is 3.09. The van der Waals surface area contributed by atoms with Gasteiger partial charge in [-0.1, -0.05) is 0 Å². The number of aromatic nitrogens is 1. The smallest absolute Gasteiger partial charge is 0.233 e. The Hall–Kier alpha value is -1.88. The molecule has 110 valence electrons. The Bertz CT molecular complexity index is 636. The lowest BCUT2D eigenvalue weighted by Crippen LogP contribution is -2.22. The molecule has 1 saturated heterocycles. The van der Waals surface area contributed by atoms with Crippen molar-refractivity contribution in [1.82, 2.24) is 9.47 Å². The highest BCUT2D eigenvalue weighted by Gasteiger charge is 2.30. The van der Waals surface area contributed by atoms with Crippen LogP contribution in [0.2, 0.25) is 0 Å². The minimum Gasteiger partial charge on any atom is -0.494 e. The molecule has 1 aromatic heterocycles. The lowest BCUT2D eigenvalue weighted by Gasteiger charge is -2.17. The van der Waals surface area contributed by atoms with Crippen LogP contribution in [-0.4, -0.2) is 34.8 Å². The van der Waals surface area contributed by atoms with Crippen LogP contribution in [0.1, 0.15) is 17.9 Å². The van der Waals surface area contributed by atoms with E-state index in [4.69, 9.17) is 4.74 Å². The fraction of sp³-hybridized carbons (Fsp3) is 0.312. The molecule has 2 heterocycles. The summed E-state index contributed by atoms with van der Waals surface area (Å²) in [6, 6.07) is 10.1. The van der Waals surface area contributed by atoms with Gasteiger partial charge in [-0.25, -0.2) is 0 Å². The normalized spacial score (nSPS) is 18.3. The van der Waals surface area contributed by atoms with Crippen molar-refractivity contribution in [2.24, 2.45) is 0 Å². The number of carbonyl (C=O) groups excluding carboxylic acids is 1. The largest absolute Gasteiger partial charge is 0.494 e. The fourth-order valence-corrected chi connectivity index (χ4v) is 3.59. The first-order valence-corrected chi connectivity index (χ1v) is 8.02. The second-order valence-electron chi connectivity index (χ2n) is 4.95. The third-order valence-electron chi connectivity index (χ3n) is 3.56. The lowest BCUT2D eigenvalue weighted by molar-refractivity contribution is -0.126. The van der Waals surface area contributed by atoms with E-state index in [1.54, 1.807) is 11.8 Å². The third kappa shape index (κ3) is 2.78. The Kier molecular flexibility index (Phi) is 3.92. The molecule has 2 aromatic rings. The lowest BCUT2D eigenvalue weighted by atomic mass is 10.3. The molecule has 0 saturated carbocycles. The summed E-state index contributed by atoms with van der Waals surface area (Å²) in [6.45, 7) is 2.65. The predicted octanol–water partition coefficient (Wildman–Crippen LogP) is 3.08. The number of amides is 1. The molecule has 0 radical (unpaired) electrons. The van der Waals surface area contributed by atoms with E-state index >= 15 is 0 Å². The summed E-state index contributed by atoms with van der Waals surface area (Å²) in [6.07, 6.45) is 4.12. The Morgan fingerprint density at radius 2 is 2.05 bits per heavy atom. The number of rotatable bonds is 4. The first-order valence-electron chi connectivity index (χ1n) is 6.97. The van der Waals surface area contributed by atoms with Crippen molar-refractivity contribution in [3.05, 3.63) is 48.3 Å². The molecule has 1 aliphatic heterocycles. The molecule has 1 atom stereocenters. The molecular weight excluding hydrogens is 284 g/mol. The molecule has 0 spiro atoms. The summed E-state index contributed by atoms with van der Waals surface area (Å²) in [4.78, 5) is 13.4. The molecule has 0 aliphatic carbocycles. The van der Waals surface area contributed by atoms with Gasteiger partial charge in [0, 0.05) is 30.7 Å². The summed E-state index contributed by atoms with van der Waals surface area (Å²) in [7, 11) is 1.86. The average molecular weight is 302 g/mol. The number of nitrogens with zero attached hydrogens (tertiary/aromatic N) is 2. The number of ether oxygens (including phenoxy) is 1. The van der Waals surface area contributed by atoms with E-state index in [1.807, 2.05) is 49.3 Å². The van der Waals surface area contributed by atoms with E-state index in [2.05, 4.69) is 16.8 Å². The summed E-state index contributed by atoms with van der Waals surface area (Å²) >= 11 is 1.67. The molecule has 1 aliphatic rings. The van der Waals surface area contributed by atoms with Crippen LogP contribution in [0.25, 0.3) is 5.69 Å².